The summed E-state index contributed by atoms with van der Waals surface area (Å²) in [6, 6.07) is 2.17. The Kier molecular flexibility index (Phi) is 5.50. The molecule has 2 heteroatoms. The van der Waals surface area contributed by atoms with E-state index in [1.807, 2.05) is 0 Å². The molecule has 0 saturated carbocycles. The van der Waals surface area contributed by atoms with E-state index in [1.54, 1.807) is 0 Å². The first-order valence-corrected chi connectivity index (χ1v) is 8.20. The largest absolute Gasteiger partial charge is 0.327 e. The number of fused-ring (bicyclic) bond motifs is 2. The Morgan fingerprint density at radius 1 is 1.06 bits per heavy atom. The van der Waals surface area contributed by atoms with Crippen molar-refractivity contribution in [2.24, 2.45) is 11.7 Å². The number of hydrogen-bond acceptors (Lipinski definition) is 2. The van der Waals surface area contributed by atoms with Crippen molar-refractivity contribution in [3.05, 3.63) is 0 Å². The third-order valence-corrected chi connectivity index (χ3v) is 5.38. The zero-order chi connectivity index (χ0) is 13.0. The second-order valence-corrected chi connectivity index (χ2v) is 6.65. The van der Waals surface area contributed by atoms with Gasteiger partial charge in [0.25, 0.3) is 0 Å². The molecule has 0 aromatic heterocycles. The number of rotatable bonds is 7. The second-order valence-electron chi connectivity index (χ2n) is 6.65. The van der Waals surface area contributed by atoms with Crippen molar-refractivity contribution < 1.29 is 0 Å². The molecule has 0 spiro atoms. The zero-order valence-electron chi connectivity index (χ0n) is 12.4. The highest BCUT2D eigenvalue weighted by molar-refractivity contribution is 4.95. The highest BCUT2D eigenvalue weighted by atomic mass is 15.2. The fourth-order valence-electron chi connectivity index (χ4n) is 4.02. The molecule has 3 atom stereocenters. The van der Waals surface area contributed by atoms with Crippen molar-refractivity contribution in [1.29, 1.82) is 0 Å². The van der Waals surface area contributed by atoms with Crippen LogP contribution in [0.1, 0.15) is 71.1 Å². The smallest absolute Gasteiger partial charge is 0.00989 e. The highest BCUT2D eigenvalue weighted by Crippen LogP contribution is 2.39. The summed E-state index contributed by atoms with van der Waals surface area (Å²) in [6.07, 6.45) is 13.7. The summed E-state index contributed by atoms with van der Waals surface area (Å²) in [7, 11) is 2.31. The average Bonchev–Trinajstić information content (AvgIpc) is 2.61. The first kappa shape index (κ1) is 14.3. The van der Waals surface area contributed by atoms with Crippen molar-refractivity contribution in [3.8, 4) is 0 Å². The minimum atomic E-state index is 0.475. The zero-order valence-corrected chi connectivity index (χ0v) is 12.4. The fourth-order valence-corrected chi connectivity index (χ4v) is 4.02. The van der Waals surface area contributed by atoms with Gasteiger partial charge in [-0.3, -0.25) is 0 Å². The molecule has 0 aliphatic carbocycles. The molecule has 2 rings (SSSR count). The fraction of sp³-hybridized carbons (Fsp3) is 1.00. The van der Waals surface area contributed by atoms with Crippen LogP contribution in [0.5, 0.6) is 0 Å². The highest BCUT2D eigenvalue weighted by Gasteiger charge is 2.39. The number of unbranched alkanes of at least 4 members (excludes halogenated alkanes) is 4. The van der Waals surface area contributed by atoms with E-state index in [0.29, 0.717) is 6.04 Å². The predicted octanol–water partition coefficient (Wildman–Crippen LogP) is 3.55. The number of nitrogens with zero attached hydrogens (tertiary/aromatic N) is 1. The molecule has 2 heterocycles. The van der Waals surface area contributed by atoms with Gasteiger partial charge < -0.3 is 10.6 Å². The average molecular weight is 252 g/mol. The van der Waals surface area contributed by atoms with Crippen LogP contribution in [0.2, 0.25) is 0 Å². The standard InChI is InChI=1S/C16H32N2/c1-3-4-5-6-7-8-16(17)13-11-14-9-10-15(12-13)18(14)2/h13-16H,3-12,17H2,1-2H3. The van der Waals surface area contributed by atoms with E-state index < -0.39 is 0 Å². The molecule has 106 valence electrons. The molecule has 2 nitrogen and oxygen atoms in total. The van der Waals surface area contributed by atoms with E-state index in [0.717, 1.165) is 18.0 Å². The molecule has 2 fully saturated rings. The van der Waals surface area contributed by atoms with Gasteiger partial charge in [0.1, 0.15) is 0 Å². The lowest BCUT2D eigenvalue weighted by Gasteiger charge is -2.38. The van der Waals surface area contributed by atoms with E-state index >= 15 is 0 Å². The molecule has 0 aromatic rings. The molecule has 3 unspecified atom stereocenters. The van der Waals surface area contributed by atoms with Crippen LogP contribution in [0.15, 0.2) is 0 Å². The monoisotopic (exact) mass is 252 g/mol. The van der Waals surface area contributed by atoms with Crippen molar-refractivity contribution in [2.45, 2.75) is 89.3 Å². The quantitative estimate of drug-likeness (QED) is 0.702. The molecular weight excluding hydrogens is 220 g/mol. The molecule has 2 bridgehead atoms. The van der Waals surface area contributed by atoms with E-state index in [4.69, 9.17) is 5.73 Å². The molecule has 18 heavy (non-hydrogen) atoms. The summed E-state index contributed by atoms with van der Waals surface area (Å²) >= 11 is 0. The van der Waals surface area contributed by atoms with Gasteiger partial charge in [0.2, 0.25) is 0 Å². The Balaban J connectivity index is 1.66. The Bertz CT molecular complexity index is 227. The summed E-state index contributed by atoms with van der Waals surface area (Å²) in [4.78, 5) is 2.62. The Morgan fingerprint density at radius 2 is 1.67 bits per heavy atom. The van der Waals surface area contributed by atoms with Crippen LogP contribution in [-0.2, 0) is 0 Å². The van der Waals surface area contributed by atoms with Crippen LogP contribution in [0, 0.1) is 5.92 Å². The maximum Gasteiger partial charge on any atom is 0.00989 e. The van der Waals surface area contributed by atoms with Crippen LogP contribution in [0.3, 0.4) is 0 Å². The molecule has 2 aliphatic rings. The molecule has 0 radical (unpaired) electrons. The second kappa shape index (κ2) is 6.91. The first-order chi connectivity index (χ1) is 8.72. The SMILES string of the molecule is CCCCCCCC(N)C1CC2CCC(C1)N2C. The van der Waals surface area contributed by atoms with Crippen LogP contribution >= 0.6 is 0 Å². The van der Waals surface area contributed by atoms with E-state index in [1.165, 1.54) is 64.2 Å². The third-order valence-electron chi connectivity index (χ3n) is 5.38. The van der Waals surface area contributed by atoms with Crippen molar-refractivity contribution in [1.82, 2.24) is 4.90 Å². The lowest BCUT2D eigenvalue weighted by Crippen LogP contribution is -2.45. The van der Waals surface area contributed by atoms with Crippen molar-refractivity contribution >= 4 is 0 Å². The van der Waals surface area contributed by atoms with Gasteiger partial charge in [-0.15, -0.1) is 0 Å². The Morgan fingerprint density at radius 3 is 2.28 bits per heavy atom. The van der Waals surface area contributed by atoms with Gasteiger partial charge in [-0.1, -0.05) is 39.0 Å². The molecule has 2 N–H and O–H groups in total. The maximum atomic E-state index is 6.44. The summed E-state index contributed by atoms with van der Waals surface area (Å²) in [5.41, 5.74) is 6.44. The summed E-state index contributed by atoms with van der Waals surface area (Å²) in [5, 5.41) is 0. The summed E-state index contributed by atoms with van der Waals surface area (Å²) in [5.74, 6) is 0.810. The van der Waals surface area contributed by atoms with Crippen molar-refractivity contribution in [3.63, 3.8) is 0 Å². The van der Waals surface area contributed by atoms with E-state index in [2.05, 4.69) is 18.9 Å². The molecule has 2 aliphatic heterocycles. The van der Waals surface area contributed by atoms with Gasteiger partial charge in [0, 0.05) is 18.1 Å². The maximum absolute atomic E-state index is 6.44. The van der Waals surface area contributed by atoms with Crippen LogP contribution in [0.25, 0.3) is 0 Å². The molecule has 0 aromatic carbocycles. The molecular formula is C16H32N2. The lowest BCUT2D eigenvalue weighted by molar-refractivity contribution is 0.118. The van der Waals surface area contributed by atoms with E-state index in [-0.39, 0.29) is 0 Å². The Labute approximate surface area is 113 Å². The number of piperidine rings is 1. The minimum Gasteiger partial charge on any atom is -0.327 e. The molecule has 2 saturated heterocycles. The normalized spacial score (nSPS) is 33.8. The third kappa shape index (κ3) is 3.48. The van der Waals surface area contributed by atoms with Gasteiger partial charge in [-0.2, -0.15) is 0 Å². The minimum absolute atomic E-state index is 0.475. The van der Waals surface area contributed by atoms with E-state index in [9.17, 15) is 0 Å². The van der Waals surface area contributed by atoms with Gasteiger partial charge >= 0.3 is 0 Å². The lowest BCUT2D eigenvalue weighted by atomic mass is 9.83. The molecule has 0 amide bonds. The van der Waals surface area contributed by atoms with Gasteiger partial charge in [0.05, 0.1) is 0 Å². The topological polar surface area (TPSA) is 29.3 Å². The Hall–Kier alpha value is -0.0800. The summed E-state index contributed by atoms with van der Waals surface area (Å²) in [6.45, 7) is 2.28. The van der Waals surface area contributed by atoms with Gasteiger partial charge in [0.15, 0.2) is 0 Å². The first-order valence-electron chi connectivity index (χ1n) is 8.20. The number of nitrogens with two attached hydrogens (primary N) is 1. The van der Waals surface area contributed by atoms with Crippen LogP contribution in [0.4, 0.5) is 0 Å². The van der Waals surface area contributed by atoms with Crippen LogP contribution < -0.4 is 5.73 Å². The van der Waals surface area contributed by atoms with Gasteiger partial charge in [-0.05, 0) is 45.1 Å². The summed E-state index contributed by atoms with van der Waals surface area (Å²) < 4.78 is 0. The van der Waals surface area contributed by atoms with Crippen molar-refractivity contribution in [2.75, 3.05) is 7.05 Å². The predicted molar refractivity (Wildman–Crippen MR) is 78.6 cm³/mol. The van der Waals surface area contributed by atoms with Crippen LogP contribution in [-0.4, -0.2) is 30.1 Å². The number of hydrogen-bond donors (Lipinski definition) is 1. The van der Waals surface area contributed by atoms with Gasteiger partial charge in [-0.25, -0.2) is 0 Å².